The fraction of sp³-hybridized carbons (Fsp3) is 0.529. The molecule has 8 heteroatoms. The SMILES string of the molecule is Cc1noc(C)c1CC(=O)N1CCC[C@@H](c2ccnn2CC(=O)O)C1. The van der Waals surface area contributed by atoms with Gasteiger partial charge in [0.05, 0.1) is 12.1 Å². The van der Waals surface area contributed by atoms with Crippen LogP contribution in [0.5, 0.6) is 0 Å². The van der Waals surface area contributed by atoms with Crippen LogP contribution < -0.4 is 0 Å². The van der Waals surface area contributed by atoms with Crippen molar-refractivity contribution in [2.75, 3.05) is 13.1 Å². The number of rotatable bonds is 5. The highest BCUT2D eigenvalue weighted by Crippen LogP contribution is 2.27. The third kappa shape index (κ3) is 3.72. The Morgan fingerprint density at radius 2 is 2.20 bits per heavy atom. The number of piperidine rings is 1. The molecule has 1 aliphatic heterocycles. The van der Waals surface area contributed by atoms with Crippen molar-refractivity contribution < 1.29 is 19.2 Å². The minimum atomic E-state index is -0.924. The van der Waals surface area contributed by atoms with Crippen molar-refractivity contribution in [2.45, 2.75) is 45.6 Å². The quantitative estimate of drug-likeness (QED) is 0.881. The van der Waals surface area contributed by atoms with Gasteiger partial charge in [0.15, 0.2) is 0 Å². The molecule has 8 nitrogen and oxygen atoms in total. The average molecular weight is 346 g/mol. The van der Waals surface area contributed by atoms with E-state index in [0.29, 0.717) is 18.8 Å². The van der Waals surface area contributed by atoms with E-state index in [1.807, 2.05) is 24.8 Å². The minimum Gasteiger partial charge on any atom is -0.480 e. The standard InChI is InChI=1S/C17H22N4O4/c1-11-14(12(2)25-19-11)8-16(22)20-7-3-4-13(9-20)15-5-6-18-21(15)10-17(23)24/h5-6,13H,3-4,7-10H2,1-2H3,(H,23,24)/t13-/m1/s1. The Morgan fingerprint density at radius 3 is 2.88 bits per heavy atom. The predicted octanol–water partition coefficient (Wildman–Crippen LogP) is 1.52. The summed E-state index contributed by atoms with van der Waals surface area (Å²) >= 11 is 0. The smallest absolute Gasteiger partial charge is 0.325 e. The number of amides is 1. The number of carbonyl (C=O) groups excluding carboxylic acids is 1. The number of aromatic nitrogens is 3. The maximum Gasteiger partial charge on any atom is 0.325 e. The summed E-state index contributed by atoms with van der Waals surface area (Å²) in [5.41, 5.74) is 2.47. The van der Waals surface area contributed by atoms with Crippen LogP contribution in [-0.2, 0) is 22.6 Å². The number of carboxylic acids is 1. The van der Waals surface area contributed by atoms with E-state index in [9.17, 15) is 9.59 Å². The molecule has 0 saturated carbocycles. The molecular weight excluding hydrogens is 324 g/mol. The van der Waals surface area contributed by atoms with E-state index in [1.165, 1.54) is 4.68 Å². The zero-order chi connectivity index (χ0) is 18.0. The van der Waals surface area contributed by atoms with Crippen LogP contribution in [0.2, 0.25) is 0 Å². The molecule has 1 fully saturated rings. The Bertz CT molecular complexity index is 760. The van der Waals surface area contributed by atoms with E-state index < -0.39 is 5.97 Å². The lowest BCUT2D eigenvalue weighted by atomic mass is 9.94. The predicted molar refractivity (Wildman–Crippen MR) is 88.1 cm³/mol. The van der Waals surface area contributed by atoms with E-state index in [-0.39, 0.29) is 24.8 Å². The van der Waals surface area contributed by atoms with Crippen molar-refractivity contribution in [3.8, 4) is 0 Å². The fourth-order valence-electron chi connectivity index (χ4n) is 3.41. The summed E-state index contributed by atoms with van der Waals surface area (Å²) < 4.78 is 6.64. The minimum absolute atomic E-state index is 0.0448. The summed E-state index contributed by atoms with van der Waals surface area (Å²) in [4.78, 5) is 25.5. The van der Waals surface area contributed by atoms with Gasteiger partial charge in [-0.15, -0.1) is 0 Å². The van der Waals surface area contributed by atoms with Crippen molar-refractivity contribution in [3.05, 3.63) is 35.0 Å². The zero-order valence-electron chi connectivity index (χ0n) is 14.4. The van der Waals surface area contributed by atoms with Crippen LogP contribution in [0.15, 0.2) is 16.8 Å². The molecule has 2 aromatic rings. The second-order valence-corrected chi connectivity index (χ2v) is 6.47. The van der Waals surface area contributed by atoms with Crippen LogP contribution in [0.3, 0.4) is 0 Å². The number of carboxylic acid groups (broad SMARTS) is 1. The van der Waals surface area contributed by atoms with Crippen molar-refractivity contribution >= 4 is 11.9 Å². The van der Waals surface area contributed by atoms with Gasteiger partial charge in [0.2, 0.25) is 5.91 Å². The van der Waals surface area contributed by atoms with Gasteiger partial charge < -0.3 is 14.5 Å². The van der Waals surface area contributed by atoms with Crippen LogP contribution in [0.25, 0.3) is 0 Å². The van der Waals surface area contributed by atoms with Crippen LogP contribution in [-0.4, -0.2) is 49.9 Å². The Balaban J connectivity index is 1.70. The molecule has 1 aliphatic rings. The number of aryl methyl sites for hydroxylation is 2. The van der Waals surface area contributed by atoms with E-state index in [4.69, 9.17) is 9.63 Å². The van der Waals surface area contributed by atoms with Crippen molar-refractivity contribution in [1.29, 1.82) is 0 Å². The highest BCUT2D eigenvalue weighted by atomic mass is 16.5. The topological polar surface area (TPSA) is 101 Å². The molecular formula is C17H22N4O4. The third-order valence-corrected chi connectivity index (χ3v) is 4.74. The number of carbonyl (C=O) groups is 2. The van der Waals surface area contributed by atoms with E-state index >= 15 is 0 Å². The Labute approximate surface area is 145 Å². The molecule has 1 amide bonds. The van der Waals surface area contributed by atoms with Gasteiger partial charge in [0.1, 0.15) is 12.3 Å². The summed E-state index contributed by atoms with van der Waals surface area (Å²) in [7, 11) is 0. The Morgan fingerprint density at radius 1 is 1.40 bits per heavy atom. The van der Waals surface area contributed by atoms with Crippen LogP contribution >= 0.6 is 0 Å². The molecule has 1 N–H and O–H groups in total. The molecule has 3 heterocycles. The lowest BCUT2D eigenvalue weighted by molar-refractivity contribution is -0.138. The molecule has 0 spiro atoms. The summed E-state index contributed by atoms with van der Waals surface area (Å²) in [6, 6.07) is 1.84. The molecule has 134 valence electrons. The number of likely N-dealkylation sites (tertiary alicyclic amines) is 1. The summed E-state index contributed by atoms with van der Waals surface area (Å²) in [6.45, 7) is 4.78. The first-order chi connectivity index (χ1) is 12.0. The summed E-state index contributed by atoms with van der Waals surface area (Å²) in [5, 5.41) is 17.0. The lowest BCUT2D eigenvalue weighted by Crippen LogP contribution is -2.40. The first-order valence-electron chi connectivity index (χ1n) is 8.38. The molecule has 0 bridgehead atoms. The first-order valence-corrected chi connectivity index (χ1v) is 8.38. The molecule has 3 rings (SSSR count). The van der Waals surface area contributed by atoms with Gasteiger partial charge >= 0.3 is 5.97 Å². The van der Waals surface area contributed by atoms with Crippen molar-refractivity contribution in [3.63, 3.8) is 0 Å². The van der Waals surface area contributed by atoms with Gasteiger partial charge in [-0.05, 0) is 32.8 Å². The molecule has 0 radical (unpaired) electrons. The highest BCUT2D eigenvalue weighted by molar-refractivity contribution is 5.79. The van der Waals surface area contributed by atoms with Crippen molar-refractivity contribution in [2.24, 2.45) is 0 Å². The Hall–Kier alpha value is -2.64. The molecule has 0 aromatic carbocycles. The van der Waals surface area contributed by atoms with Gasteiger partial charge in [-0.25, -0.2) is 0 Å². The van der Waals surface area contributed by atoms with E-state index in [1.54, 1.807) is 6.20 Å². The molecule has 0 unspecified atom stereocenters. The van der Waals surface area contributed by atoms with Crippen LogP contribution in [0.1, 0.15) is 41.5 Å². The maximum absolute atomic E-state index is 12.7. The highest BCUT2D eigenvalue weighted by Gasteiger charge is 2.28. The molecule has 2 aromatic heterocycles. The zero-order valence-corrected chi connectivity index (χ0v) is 14.4. The molecule has 25 heavy (non-hydrogen) atoms. The summed E-state index contributed by atoms with van der Waals surface area (Å²) in [6.07, 6.45) is 3.70. The Kier molecular flexibility index (Phi) is 4.87. The monoisotopic (exact) mass is 346 g/mol. The largest absolute Gasteiger partial charge is 0.480 e. The van der Waals surface area contributed by atoms with E-state index in [2.05, 4.69) is 10.3 Å². The lowest BCUT2D eigenvalue weighted by Gasteiger charge is -2.33. The molecule has 0 aliphatic carbocycles. The van der Waals surface area contributed by atoms with Crippen LogP contribution in [0.4, 0.5) is 0 Å². The fourth-order valence-corrected chi connectivity index (χ4v) is 3.41. The normalized spacial score (nSPS) is 17.7. The van der Waals surface area contributed by atoms with Gasteiger partial charge in [-0.3, -0.25) is 14.3 Å². The van der Waals surface area contributed by atoms with Gasteiger partial charge in [-0.1, -0.05) is 5.16 Å². The summed E-state index contributed by atoms with van der Waals surface area (Å²) in [5.74, 6) is -0.0985. The van der Waals surface area contributed by atoms with Crippen molar-refractivity contribution in [1.82, 2.24) is 19.8 Å². The third-order valence-electron chi connectivity index (χ3n) is 4.74. The molecule has 1 saturated heterocycles. The average Bonchev–Trinajstić information content (AvgIpc) is 3.16. The second-order valence-electron chi connectivity index (χ2n) is 6.47. The second kappa shape index (κ2) is 7.08. The van der Waals surface area contributed by atoms with Gasteiger partial charge in [-0.2, -0.15) is 5.10 Å². The first kappa shape index (κ1) is 17.2. The molecule has 1 atom stereocenters. The maximum atomic E-state index is 12.7. The van der Waals surface area contributed by atoms with Gasteiger partial charge in [0.25, 0.3) is 0 Å². The van der Waals surface area contributed by atoms with Crippen LogP contribution in [0, 0.1) is 13.8 Å². The van der Waals surface area contributed by atoms with Gasteiger partial charge in [0, 0.05) is 36.5 Å². The number of hydrogen-bond acceptors (Lipinski definition) is 5. The number of nitrogens with zero attached hydrogens (tertiary/aromatic N) is 4. The van der Waals surface area contributed by atoms with E-state index in [0.717, 1.165) is 29.8 Å². The number of hydrogen-bond donors (Lipinski definition) is 1. The number of aliphatic carboxylic acids is 1.